The highest BCUT2D eigenvalue weighted by molar-refractivity contribution is 7.70. The van der Waals surface area contributed by atoms with E-state index in [9.17, 15) is 24.2 Å². The number of nitrogens with one attached hydrogen (secondary N) is 1. The molecule has 5 atom stereocenters. The van der Waals surface area contributed by atoms with Gasteiger partial charge in [-0.3, -0.25) is 13.7 Å². The van der Waals surface area contributed by atoms with E-state index in [2.05, 4.69) is 20.3 Å². The Morgan fingerprint density at radius 1 is 1.06 bits per heavy atom. The van der Waals surface area contributed by atoms with Crippen molar-refractivity contribution >= 4 is 32.2 Å². The summed E-state index contributed by atoms with van der Waals surface area (Å²) < 4.78 is 34.7. The average Bonchev–Trinajstić information content (AvgIpc) is 3.33. The molecule has 5 unspecified atom stereocenters. The van der Waals surface area contributed by atoms with Crippen LogP contribution in [-0.4, -0.2) is 75.2 Å². The van der Waals surface area contributed by atoms with Gasteiger partial charge in [0.25, 0.3) is 0 Å². The molecule has 1 saturated heterocycles. The minimum atomic E-state index is -4.75. The van der Waals surface area contributed by atoms with Crippen LogP contribution in [0.4, 0.5) is 5.82 Å². The molecule has 4 rings (SSSR count). The van der Waals surface area contributed by atoms with Crippen LogP contribution in [0, 0.1) is 0 Å². The molecule has 16 heteroatoms. The van der Waals surface area contributed by atoms with Crippen LogP contribution in [-0.2, 0) is 24.9 Å². The van der Waals surface area contributed by atoms with Gasteiger partial charge in [-0.05, 0) is 5.56 Å². The first kappa shape index (κ1) is 25.8. The molecule has 6 N–H and O–H groups in total. The number of anilines is 1. The summed E-state index contributed by atoms with van der Waals surface area (Å²) in [6.07, 6.45) is -2.17. The number of benzene rings is 1. The Kier molecular flexibility index (Phi) is 7.67. The average molecular weight is 529 g/mol. The lowest BCUT2D eigenvalue weighted by atomic mass is 10.1. The second-order valence-corrected chi connectivity index (χ2v) is 12.0. The van der Waals surface area contributed by atoms with Crippen molar-refractivity contribution in [3.05, 3.63) is 48.5 Å². The molecule has 3 aromatic rings. The van der Waals surface area contributed by atoms with E-state index in [4.69, 9.17) is 19.0 Å². The van der Waals surface area contributed by atoms with Gasteiger partial charge in [0, 0.05) is 13.0 Å². The minimum Gasteiger partial charge on any atom is -0.388 e. The smallest absolute Gasteiger partial charge is 0.340 e. The Labute approximate surface area is 199 Å². The fraction of sp³-hybridized carbons (Fsp3) is 0.421. The number of hydrogen-bond acceptors (Lipinski definition) is 10. The monoisotopic (exact) mass is 529 g/mol. The van der Waals surface area contributed by atoms with Crippen LogP contribution in [0.1, 0.15) is 18.2 Å². The maximum Gasteiger partial charge on any atom is 0.340 e. The van der Waals surface area contributed by atoms with Gasteiger partial charge in [-0.25, -0.2) is 15.0 Å². The third kappa shape index (κ3) is 6.31. The zero-order valence-corrected chi connectivity index (χ0v) is 20.0. The van der Waals surface area contributed by atoms with Crippen molar-refractivity contribution in [1.29, 1.82) is 0 Å². The zero-order valence-electron chi connectivity index (χ0n) is 18.2. The number of hydrogen-bond donors (Lipinski definition) is 6. The first-order chi connectivity index (χ1) is 16.5. The summed E-state index contributed by atoms with van der Waals surface area (Å²) in [5.41, 5.74) is 1.82. The molecule has 0 aliphatic carbocycles. The molecule has 0 bridgehead atoms. The van der Waals surface area contributed by atoms with E-state index in [1.807, 2.05) is 30.3 Å². The van der Waals surface area contributed by atoms with Gasteiger partial charge >= 0.3 is 15.2 Å². The van der Waals surface area contributed by atoms with Crippen LogP contribution in [0.3, 0.4) is 0 Å². The number of aliphatic hydroxyl groups is 2. The Morgan fingerprint density at radius 3 is 2.51 bits per heavy atom. The van der Waals surface area contributed by atoms with Gasteiger partial charge in [0.1, 0.15) is 18.5 Å². The fourth-order valence-corrected chi connectivity index (χ4v) is 6.31. The Hall–Kier alpha value is -2.25. The van der Waals surface area contributed by atoms with Crippen LogP contribution in [0.2, 0.25) is 0 Å². The summed E-state index contributed by atoms with van der Waals surface area (Å²) >= 11 is 0. The first-order valence-corrected chi connectivity index (χ1v) is 14.1. The summed E-state index contributed by atoms with van der Waals surface area (Å²) in [6, 6.07) is 9.67. The van der Waals surface area contributed by atoms with E-state index < -0.39 is 52.2 Å². The number of ether oxygens (including phenoxy) is 1. The molecular weight excluding hydrogens is 504 g/mol. The number of fused-ring (bicyclic) bond motifs is 1. The summed E-state index contributed by atoms with van der Waals surface area (Å²) in [7, 11) is -9.29. The fourth-order valence-electron chi connectivity index (χ4n) is 3.73. The van der Waals surface area contributed by atoms with Crippen molar-refractivity contribution in [1.82, 2.24) is 19.5 Å². The molecule has 1 fully saturated rings. The molecule has 1 aromatic carbocycles. The van der Waals surface area contributed by atoms with Crippen molar-refractivity contribution in [2.45, 2.75) is 37.5 Å². The van der Waals surface area contributed by atoms with Crippen molar-refractivity contribution in [2.24, 2.45) is 0 Å². The lowest BCUT2D eigenvalue weighted by Crippen LogP contribution is -2.32. The predicted molar refractivity (Wildman–Crippen MR) is 122 cm³/mol. The molecule has 190 valence electrons. The van der Waals surface area contributed by atoms with Gasteiger partial charge in [-0.15, -0.1) is 0 Å². The number of rotatable bonds is 10. The number of nitrogens with zero attached hydrogens (tertiary/aromatic N) is 4. The van der Waals surface area contributed by atoms with E-state index in [-0.39, 0.29) is 6.42 Å². The zero-order chi connectivity index (χ0) is 25.2. The Bertz CT molecular complexity index is 1250. The number of aliphatic hydroxyl groups excluding tert-OH is 2. The summed E-state index contributed by atoms with van der Waals surface area (Å²) in [5.74, 6) is -0.847. The normalized spacial score (nSPS) is 24.5. The van der Waals surface area contributed by atoms with Gasteiger partial charge in [0.05, 0.1) is 19.0 Å². The van der Waals surface area contributed by atoms with Crippen molar-refractivity contribution < 1.29 is 43.3 Å². The lowest BCUT2D eigenvalue weighted by Gasteiger charge is -2.17. The first-order valence-electron chi connectivity index (χ1n) is 10.5. The van der Waals surface area contributed by atoms with Gasteiger partial charge < -0.3 is 39.5 Å². The standard InChI is InChI=1S/C19H25N5O9P2/c25-15-13(6-7-32-35(30,31)11-34(27,28)29)33-19(16(15)26)24-10-23-14-17(21-9-22-18(14)24)20-8-12-4-2-1-3-5-12/h1-5,9-10,13,15-16,19,25-26H,6-8,11H2,(H,30,31)(H,20,21,22)(H2,27,28,29). The molecule has 0 spiro atoms. The lowest BCUT2D eigenvalue weighted by molar-refractivity contribution is -0.0399. The highest BCUT2D eigenvalue weighted by Crippen LogP contribution is 2.55. The van der Waals surface area contributed by atoms with E-state index in [1.165, 1.54) is 17.2 Å². The van der Waals surface area contributed by atoms with Gasteiger partial charge in [0.2, 0.25) is 0 Å². The van der Waals surface area contributed by atoms with Crippen LogP contribution in [0.5, 0.6) is 0 Å². The van der Waals surface area contributed by atoms with Crippen LogP contribution in [0.15, 0.2) is 43.0 Å². The predicted octanol–water partition coefficient (Wildman–Crippen LogP) is 0.785. The molecule has 14 nitrogen and oxygen atoms in total. The molecule has 35 heavy (non-hydrogen) atoms. The van der Waals surface area contributed by atoms with E-state index in [1.54, 1.807) is 0 Å². The molecule has 3 heterocycles. The van der Waals surface area contributed by atoms with E-state index in [0.29, 0.717) is 23.5 Å². The molecule has 2 aromatic heterocycles. The van der Waals surface area contributed by atoms with Crippen molar-refractivity contribution in [3.8, 4) is 0 Å². The van der Waals surface area contributed by atoms with Crippen molar-refractivity contribution in [3.63, 3.8) is 0 Å². The van der Waals surface area contributed by atoms with E-state index >= 15 is 0 Å². The summed E-state index contributed by atoms with van der Waals surface area (Å²) in [4.78, 5) is 40.0. The number of imidazole rings is 1. The molecular formula is C19H25N5O9P2. The minimum absolute atomic E-state index is 0.119. The molecule has 1 aliphatic heterocycles. The topological polar surface area (TPSA) is 209 Å². The quantitative estimate of drug-likeness (QED) is 0.201. The van der Waals surface area contributed by atoms with Gasteiger partial charge in [-0.2, -0.15) is 0 Å². The molecule has 0 saturated carbocycles. The highest BCUT2D eigenvalue weighted by Gasteiger charge is 2.44. The van der Waals surface area contributed by atoms with E-state index in [0.717, 1.165) is 5.56 Å². The summed E-state index contributed by atoms with van der Waals surface area (Å²) in [6.45, 7) is 0.0647. The molecule has 1 aliphatic rings. The van der Waals surface area contributed by atoms with Gasteiger partial charge in [-0.1, -0.05) is 30.3 Å². The maximum absolute atomic E-state index is 11.8. The Morgan fingerprint density at radius 2 is 1.80 bits per heavy atom. The summed E-state index contributed by atoms with van der Waals surface area (Å²) in [5, 5.41) is 24.2. The SMILES string of the molecule is O=P(O)(O)CP(=O)(O)OCCC1OC(n2cnc3c(NCc4ccccc4)ncnc32)C(O)C1O. The Balaban J connectivity index is 1.43. The van der Waals surface area contributed by atoms with Crippen LogP contribution >= 0.6 is 15.2 Å². The molecule has 0 radical (unpaired) electrons. The maximum atomic E-state index is 11.8. The van der Waals surface area contributed by atoms with Crippen molar-refractivity contribution in [2.75, 3.05) is 17.8 Å². The second kappa shape index (κ2) is 10.4. The second-order valence-electron chi connectivity index (χ2n) is 8.00. The number of aromatic nitrogens is 4. The highest BCUT2D eigenvalue weighted by atomic mass is 31.2. The third-order valence-electron chi connectivity index (χ3n) is 5.33. The van der Waals surface area contributed by atoms with Crippen LogP contribution in [0.25, 0.3) is 11.2 Å². The largest absolute Gasteiger partial charge is 0.388 e. The molecule has 0 amide bonds. The van der Waals surface area contributed by atoms with Gasteiger partial charge in [0.15, 0.2) is 29.1 Å². The third-order valence-corrected chi connectivity index (χ3v) is 8.82. The van der Waals surface area contributed by atoms with Crippen LogP contribution < -0.4 is 5.32 Å².